The number of ether oxygens (including phenoxy) is 4. The van der Waals surface area contributed by atoms with Gasteiger partial charge >= 0.3 is 0 Å². The number of benzene rings is 1. The third-order valence-electron chi connectivity index (χ3n) is 4.85. The lowest BCUT2D eigenvalue weighted by atomic mass is 9.99. The van der Waals surface area contributed by atoms with Gasteiger partial charge in [-0.2, -0.15) is 0 Å². The van der Waals surface area contributed by atoms with E-state index in [1.807, 2.05) is 30.3 Å². The van der Waals surface area contributed by atoms with Gasteiger partial charge in [-0.1, -0.05) is 30.3 Å². The Morgan fingerprint density at radius 1 is 0.714 bits per heavy atom. The van der Waals surface area contributed by atoms with Crippen LogP contribution in [0, 0.1) is 0 Å². The zero-order valence-electron chi connectivity index (χ0n) is 15.0. The van der Waals surface area contributed by atoms with E-state index >= 15 is 0 Å². The maximum Gasteiger partial charge on any atom is 0.187 e. The monoisotopic (exact) mass is 402 g/mol. The van der Waals surface area contributed by atoms with Gasteiger partial charge in [-0.25, -0.2) is 0 Å². The van der Waals surface area contributed by atoms with Gasteiger partial charge in [-0.05, 0) is 5.56 Å². The summed E-state index contributed by atoms with van der Waals surface area (Å²) in [6, 6.07) is 9.15. The molecule has 10 heteroatoms. The predicted octanol–water partition coefficient (Wildman–Crippen LogP) is -2.53. The Morgan fingerprint density at radius 2 is 1.29 bits per heavy atom. The largest absolute Gasteiger partial charge is 0.394 e. The van der Waals surface area contributed by atoms with Gasteiger partial charge in [0.15, 0.2) is 12.6 Å². The zero-order valence-corrected chi connectivity index (χ0v) is 15.0. The highest BCUT2D eigenvalue weighted by Crippen LogP contribution is 2.26. The Morgan fingerprint density at radius 3 is 1.93 bits per heavy atom. The summed E-state index contributed by atoms with van der Waals surface area (Å²) in [5.74, 6) is 0. The maximum atomic E-state index is 10.1. The predicted molar refractivity (Wildman–Crippen MR) is 91.6 cm³/mol. The van der Waals surface area contributed by atoms with Crippen molar-refractivity contribution in [2.45, 2.75) is 61.9 Å². The standard InChI is InChI=1S/C18H26O10/c19-6-10-12(20)15(23)17(27-10)26-8-11-13(21)14(22)16(24)18(28-11)25-7-9-4-2-1-3-5-9/h1-5,10-24H,6-8H2/t10-,11+,12+,13+,14-,15-,16+,17+,18+/m0/s1. The summed E-state index contributed by atoms with van der Waals surface area (Å²) in [7, 11) is 0. The van der Waals surface area contributed by atoms with Gasteiger partial charge < -0.3 is 49.6 Å². The maximum absolute atomic E-state index is 10.1. The van der Waals surface area contributed by atoms with Crippen molar-refractivity contribution in [1.29, 1.82) is 0 Å². The van der Waals surface area contributed by atoms with Crippen LogP contribution in [0.1, 0.15) is 5.56 Å². The summed E-state index contributed by atoms with van der Waals surface area (Å²) < 4.78 is 21.6. The molecule has 0 bridgehead atoms. The molecule has 2 fully saturated rings. The van der Waals surface area contributed by atoms with E-state index in [1.165, 1.54) is 0 Å². The molecule has 6 N–H and O–H groups in total. The van der Waals surface area contributed by atoms with Crippen LogP contribution in [-0.2, 0) is 25.6 Å². The van der Waals surface area contributed by atoms with Gasteiger partial charge in [0, 0.05) is 0 Å². The quantitative estimate of drug-likeness (QED) is 0.287. The Bertz CT molecular complexity index is 601. The molecule has 0 aromatic heterocycles. The molecule has 0 amide bonds. The highest BCUT2D eigenvalue weighted by molar-refractivity contribution is 5.13. The first-order chi connectivity index (χ1) is 13.4. The van der Waals surface area contributed by atoms with E-state index in [0.717, 1.165) is 5.56 Å². The summed E-state index contributed by atoms with van der Waals surface area (Å²) >= 11 is 0. The molecule has 2 saturated heterocycles. The minimum atomic E-state index is -1.53. The molecule has 9 atom stereocenters. The molecule has 0 aliphatic carbocycles. The molecule has 0 radical (unpaired) electrons. The van der Waals surface area contributed by atoms with Crippen molar-refractivity contribution in [1.82, 2.24) is 0 Å². The fourth-order valence-corrected chi connectivity index (χ4v) is 3.14. The minimum Gasteiger partial charge on any atom is -0.394 e. The number of hydrogen-bond acceptors (Lipinski definition) is 10. The molecule has 1 aromatic rings. The average molecular weight is 402 g/mol. The van der Waals surface area contributed by atoms with E-state index in [9.17, 15) is 25.5 Å². The van der Waals surface area contributed by atoms with Crippen molar-refractivity contribution in [3.63, 3.8) is 0 Å². The highest BCUT2D eigenvalue weighted by Gasteiger charge is 2.47. The molecule has 158 valence electrons. The number of hydrogen-bond donors (Lipinski definition) is 6. The van der Waals surface area contributed by atoms with E-state index in [-0.39, 0.29) is 13.2 Å². The van der Waals surface area contributed by atoms with Gasteiger partial charge in [0.25, 0.3) is 0 Å². The van der Waals surface area contributed by atoms with Gasteiger partial charge in [-0.15, -0.1) is 0 Å². The molecular weight excluding hydrogens is 376 g/mol. The third-order valence-corrected chi connectivity index (χ3v) is 4.85. The fraction of sp³-hybridized carbons (Fsp3) is 0.667. The molecule has 0 spiro atoms. The second kappa shape index (κ2) is 9.55. The van der Waals surface area contributed by atoms with Crippen LogP contribution in [0.3, 0.4) is 0 Å². The Balaban J connectivity index is 1.56. The van der Waals surface area contributed by atoms with Crippen LogP contribution in [0.15, 0.2) is 30.3 Å². The van der Waals surface area contributed by atoms with Crippen LogP contribution in [-0.4, -0.2) is 99.2 Å². The van der Waals surface area contributed by atoms with E-state index < -0.39 is 61.9 Å². The van der Waals surface area contributed by atoms with Gasteiger partial charge in [-0.3, -0.25) is 0 Å². The molecule has 3 rings (SSSR count). The van der Waals surface area contributed by atoms with Crippen LogP contribution >= 0.6 is 0 Å². The lowest BCUT2D eigenvalue weighted by Crippen LogP contribution is -2.59. The molecular formula is C18H26O10. The van der Waals surface area contributed by atoms with E-state index in [0.29, 0.717) is 0 Å². The molecule has 2 aliphatic rings. The van der Waals surface area contributed by atoms with Crippen LogP contribution in [0.5, 0.6) is 0 Å². The summed E-state index contributed by atoms with van der Waals surface area (Å²) in [6.07, 6.45) is -11.7. The van der Waals surface area contributed by atoms with Crippen molar-refractivity contribution in [3.05, 3.63) is 35.9 Å². The number of rotatable bonds is 7. The van der Waals surface area contributed by atoms with Crippen molar-refractivity contribution < 1.29 is 49.6 Å². The van der Waals surface area contributed by atoms with E-state index in [1.54, 1.807) is 0 Å². The first kappa shape index (κ1) is 21.5. The van der Waals surface area contributed by atoms with E-state index in [2.05, 4.69) is 0 Å². The second-order valence-electron chi connectivity index (χ2n) is 6.85. The van der Waals surface area contributed by atoms with Crippen LogP contribution in [0.25, 0.3) is 0 Å². The zero-order chi connectivity index (χ0) is 20.3. The molecule has 2 heterocycles. The smallest absolute Gasteiger partial charge is 0.187 e. The highest BCUT2D eigenvalue weighted by atomic mass is 16.7. The first-order valence-corrected chi connectivity index (χ1v) is 9.01. The van der Waals surface area contributed by atoms with Crippen LogP contribution in [0.2, 0.25) is 0 Å². The van der Waals surface area contributed by atoms with Crippen LogP contribution in [0.4, 0.5) is 0 Å². The molecule has 0 unspecified atom stereocenters. The van der Waals surface area contributed by atoms with Crippen molar-refractivity contribution in [2.24, 2.45) is 0 Å². The van der Waals surface area contributed by atoms with Gasteiger partial charge in [0.1, 0.15) is 42.7 Å². The normalized spacial score (nSPS) is 41.3. The van der Waals surface area contributed by atoms with Crippen LogP contribution < -0.4 is 0 Å². The second-order valence-corrected chi connectivity index (χ2v) is 6.85. The first-order valence-electron chi connectivity index (χ1n) is 9.01. The Kier molecular flexibility index (Phi) is 7.34. The SMILES string of the molecule is OC[C@@H]1O[C@@H](OC[C@H]2O[C@@H](OCc3ccccc3)[C@H](O)[C@@H](O)[C@@H]2O)[C@@H](O)[C@@H]1O. The summed E-state index contributed by atoms with van der Waals surface area (Å²) in [4.78, 5) is 0. The summed E-state index contributed by atoms with van der Waals surface area (Å²) in [5, 5.41) is 59.0. The molecule has 28 heavy (non-hydrogen) atoms. The number of aliphatic hydroxyl groups is 6. The third kappa shape index (κ3) is 4.69. The topological polar surface area (TPSA) is 158 Å². The molecule has 1 aromatic carbocycles. The number of aliphatic hydroxyl groups excluding tert-OH is 6. The lowest BCUT2D eigenvalue weighted by Gasteiger charge is -2.40. The molecule has 2 aliphatic heterocycles. The fourth-order valence-electron chi connectivity index (χ4n) is 3.14. The van der Waals surface area contributed by atoms with Crippen molar-refractivity contribution in [2.75, 3.05) is 13.2 Å². The average Bonchev–Trinajstić information content (AvgIpc) is 2.99. The van der Waals surface area contributed by atoms with Gasteiger partial charge in [0.05, 0.1) is 19.8 Å². The lowest BCUT2D eigenvalue weighted by molar-refractivity contribution is -0.312. The summed E-state index contributed by atoms with van der Waals surface area (Å²) in [5.41, 5.74) is 0.832. The summed E-state index contributed by atoms with van der Waals surface area (Å²) in [6.45, 7) is -0.697. The minimum absolute atomic E-state index is 0.119. The molecule has 10 nitrogen and oxygen atoms in total. The molecule has 0 saturated carbocycles. The van der Waals surface area contributed by atoms with Crippen molar-refractivity contribution >= 4 is 0 Å². The van der Waals surface area contributed by atoms with Gasteiger partial charge in [0.2, 0.25) is 0 Å². The van der Waals surface area contributed by atoms with E-state index in [4.69, 9.17) is 24.1 Å². The Hall–Kier alpha value is -1.18. The Labute approximate surface area is 161 Å². The van der Waals surface area contributed by atoms with Crippen molar-refractivity contribution in [3.8, 4) is 0 Å².